The molecule has 1 aliphatic heterocycles. The van der Waals surface area contributed by atoms with Crippen molar-refractivity contribution in [1.29, 1.82) is 0 Å². The van der Waals surface area contributed by atoms with Crippen LogP contribution in [0.5, 0.6) is 0 Å². The van der Waals surface area contributed by atoms with Crippen molar-refractivity contribution in [3.05, 3.63) is 98.6 Å². The fourth-order valence-corrected chi connectivity index (χ4v) is 4.77. The molecule has 7 nitrogen and oxygen atoms in total. The zero-order chi connectivity index (χ0) is 25.5. The summed E-state index contributed by atoms with van der Waals surface area (Å²) in [6, 6.07) is 20.5. The summed E-state index contributed by atoms with van der Waals surface area (Å²) in [5, 5.41) is 15.1. The lowest BCUT2D eigenvalue weighted by Crippen LogP contribution is -2.32. The van der Waals surface area contributed by atoms with E-state index in [0.29, 0.717) is 29.6 Å². The van der Waals surface area contributed by atoms with Crippen LogP contribution in [0.1, 0.15) is 34.3 Å². The van der Waals surface area contributed by atoms with Gasteiger partial charge in [0.05, 0.1) is 11.5 Å². The number of hydrogen-bond donors (Lipinski definition) is 1. The second-order valence-electron chi connectivity index (χ2n) is 9.04. The Bertz CT molecular complexity index is 1200. The highest BCUT2D eigenvalue weighted by Crippen LogP contribution is 2.28. The average Bonchev–Trinajstić information content (AvgIpc) is 3.31. The lowest BCUT2D eigenvalue weighted by atomic mass is 10.0. The first-order valence-corrected chi connectivity index (χ1v) is 12.5. The van der Waals surface area contributed by atoms with Crippen molar-refractivity contribution in [2.75, 3.05) is 26.8 Å². The highest BCUT2D eigenvalue weighted by atomic mass is 35.5. The Morgan fingerprint density at radius 3 is 2.47 bits per heavy atom. The van der Waals surface area contributed by atoms with Crippen molar-refractivity contribution in [2.24, 2.45) is 0 Å². The van der Waals surface area contributed by atoms with Gasteiger partial charge in [0, 0.05) is 37.3 Å². The summed E-state index contributed by atoms with van der Waals surface area (Å²) < 4.78 is 5.34. The van der Waals surface area contributed by atoms with Crippen LogP contribution < -0.4 is 5.32 Å². The largest absolute Gasteiger partial charge is 0.383 e. The van der Waals surface area contributed by atoms with Crippen molar-refractivity contribution in [1.82, 2.24) is 10.2 Å². The van der Waals surface area contributed by atoms with E-state index < -0.39 is 10.8 Å². The van der Waals surface area contributed by atoms with E-state index >= 15 is 0 Å². The van der Waals surface area contributed by atoms with E-state index in [1.165, 1.54) is 30.5 Å². The molecule has 0 saturated carbocycles. The number of rotatable bonds is 10. The minimum Gasteiger partial charge on any atom is -0.383 e. The first-order valence-electron chi connectivity index (χ1n) is 12.1. The van der Waals surface area contributed by atoms with Crippen molar-refractivity contribution in [3.8, 4) is 11.1 Å². The normalized spacial score (nSPS) is 15.7. The number of likely N-dealkylation sites (tertiary alicyclic amines) is 1. The van der Waals surface area contributed by atoms with Gasteiger partial charge in [-0.25, -0.2) is 0 Å². The Morgan fingerprint density at radius 2 is 1.78 bits per heavy atom. The summed E-state index contributed by atoms with van der Waals surface area (Å²) in [5.74, 6) is -0.459. The van der Waals surface area contributed by atoms with Crippen LogP contribution in [0.25, 0.3) is 11.1 Å². The maximum atomic E-state index is 12.7. The number of nitro groups is 1. The third kappa shape index (κ3) is 6.49. The van der Waals surface area contributed by atoms with Crippen LogP contribution in [0, 0.1) is 10.1 Å². The molecule has 3 aromatic carbocycles. The minimum absolute atomic E-state index is 0.0456. The van der Waals surface area contributed by atoms with Crippen LogP contribution in [0.4, 0.5) is 5.69 Å². The second kappa shape index (κ2) is 12.1. The molecular formula is C28H30ClN3O4. The van der Waals surface area contributed by atoms with Crippen molar-refractivity contribution in [3.63, 3.8) is 0 Å². The van der Waals surface area contributed by atoms with Gasteiger partial charge >= 0.3 is 0 Å². The molecule has 0 spiro atoms. The molecule has 1 N–H and O–H groups in total. The maximum Gasteiger partial charge on any atom is 0.282 e. The van der Waals surface area contributed by atoms with Crippen LogP contribution in [-0.2, 0) is 17.7 Å². The Morgan fingerprint density at radius 1 is 1.08 bits per heavy atom. The molecule has 1 heterocycles. The molecule has 1 fully saturated rings. The highest BCUT2D eigenvalue weighted by Gasteiger charge is 2.24. The van der Waals surface area contributed by atoms with Gasteiger partial charge in [0.15, 0.2) is 0 Å². The van der Waals surface area contributed by atoms with Crippen LogP contribution in [0.15, 0.2) is 66.7 Å². The number of carbonyl (C=O) groups is 1. The van der Waals surface area contributed by atoms with E-state index in [1.54, 1.807) is 37.4 Å². The smallest absolute Gasteiger partial charge is 0.282 e. The van der Waals surface area contributed by atoms with Gasteiger partial charge in [0.25, 0.3) is 11.6 Å². The predicted molar refractivity (Wildman–Crippen MR) is 141 cm³/mol. The molecule has 1 saturated heterocycles. The summed E-state index contributed by atoms with van der Waals surface area (Å²) >= 11 is 5.93. The van der Waals surface area contributed by atoms with Gasteiger partial charge in [0.1, 0.15) is 5.56 Å². The summed E-state index contributed by atoms with van der Waals surface area (Å²) in [6.45, 7) is 3.14. The Kier molecular flexibility index (Phi) is 8.70. The summed E-state index contributed by atoms with van der Waals surface area (Å²) in [4.78, 5) is 26.3. The molecule has 0 aromatic heterocycles. The molecule has 1 aliphatic rings. The zero-order valence-electron chi connectivity index (χ0n) is 20.3. The number of ether oxygens (including phenoxy) is 1. The van der Waals surface area contributed by atoms with Crippen LogP contribution in [-0.4, -0.2) is 48.6 Å². The molecule has 1 amide bonds. The van der Waals surface area contributed by atoms with Crippen molar-refractivity contribution >= 4 is 23.2 Å². The number of methoxy groups -OCH3 is 1. The SMILES string of the molecule is COCC1CCCN1Cc1ccc(CCNC(=O)c2ccc(-c3ccc(Cl)cc3)cc2[N+](=O)[O-])cc1. The Hall–Kier alpha value is -3.26. The number of halogens is 1. The molecule has 8 heteroatoms. The van der Waals surface area contributed by atoms with E-state index in [9.17, 15) is 14.9 Å². The fraction of sp³-hybridized carbons (Fsp3) is 0.321. The van der Waals surface area contributed by atoms with Gasteiger partial charge in [-0.2, -0.15) is 0 Å². The first-order chi connectivity index (χ1) is 17.4. The average molecular weight is 508 g/mol. The number of amides is 1. The van der Waals surface area contributed by atoms with Crippen LogP contribution in [0.2, 0.25) is 5.02 Å². The predicted octanol–water partition coefficient (Wildman–Crippen LogP) is 5.50. The van der Waals surface area contributed by atoms with E-state index in [4.69, 9.17) is 16.3 Å². The van der Waals surface area contributed by atoms with E-state index in [-0.39, 0.29) is 11.3 Å². The highest BCUT2D eigenvalue weighted by molar-refractivity contribution is 6.30. The third-order valence-electron chi connectivity index (χ3n) is 6.58. The molecule has 188 valence electrons. The topological polar surface area (TPSA) is 84.7 Å². The van der Waals surface area contributed by atoms with Gasteiger partial charge in [-0.1, -0.05) is 54.1 Å². The van der Waals surface area contributed by atoms with Gasteiger partial charge in [-0.05, 0) is 66.3 Å². The molecule has 0 aliphatic carbocycles. The van der Waals surface area contributed by atoms with Crippen LogP contribution >= 0.6 is 11.6 Å². The number of benzene rings is 3. The molecule has 1 atom stereocenters. The van der Waals surface area contributed by atoms with Crippen molar-refractivity contribution in [2.45, 2.75) is 31.8 Å². The van der Waals surface area contributed by atoms with Gasteiger partial charge in [-0.15, -0.1) is 0 Å². The Labute approximate surface area is 216 Å². The number of nitro benzene ring substituents is 1. The van der Waals surface area contributed by atoms with Gasteiger partial charge < -0.3 is 10.1 Å². The lowest BCUT2D eigenvalue weighted by molar-refractivity contribution is -0.385. The van der Waals surface area contributed by atoms with E-state index in [1.807, 2.05) is 0 Å². The molecule has 3 aromatic rings. The van der Waals surface area contributed by atoms with Crippen LogP contribution in [0.3, 0.4) is 0 Å². The minimum atomic E-state index is -0.523. The summed E-state index contributed by atoms with van der Waals surface area (Å²) in [6.07, 6.45) is 3.01. The third-order valence-corrected chi connectivity index (χ3v) is 6.83. The molecule has 36 heavy (non-hydrogen) atoms. The summed E-state index contributed by atoms with van der Waals surface area (Å²) in [7, 11) is 1.75. The number of hydrogen-bond acceptors (Lipinski definition) is 5. The standard InChI is InChI=1S/C28H30ClN3O4/c1-36-19-25-3-2-16-31(25)18-21-6-4-20(5-7-21)14-15-30-28(33)26-13-10-23(17-27(26)32(34)35)22-8-11-24(29)12-9-22/h4-13,17,25H,2-3,14-16,18-19H2,1H3,(H,30,33). The Balaban J connectivity index is 1.33. The molecule has 1 unspecified atom stereocenters. The fourth-order valence-electron chi connectivity index (χ4n) is 4.64. The monoisotopic (exact) mass is 507 g/mol. The molecule has 0 radical (unpaired) electrons. The lowest BCUT2D eigenvalue weighted by Gasteiger charge is -2.23. The van der Waals surface area contributed by atoms with Gasteiger partial charge in [0.2, 0.25) is 0 Å². The van der Waals surface area contributed by atoms with E-state index in [0.717, 1.165) is 30.8 Å². The zero-order valence-corrected chi connectivity index (χ0v) is 21.0. The molecule has 4 rings (SSSR count). The van der Waals surface area contributed by atoms with E-state index in [2.05, 4.69) is 34.5 Å². The quantitative estimate of drug-likeness (QED) is 0.289. The summed E-state index contributed by atoms with van der Waals surface area (Å²) in [5.41, 5.74) is 3.61. The number of nitrogens with one attached hydrogen (secondary N) is 1. The molecule has 0 bridgehead atoms. The van der Waals surface area contributed by atoms with Crippen molar-refractivity contribution < 1.29 is 14.5 Å². The second-order valence-corrected chi connectivity index (χ2v) is 9.48. The maximum absolute atomic E-state index is 12.7. The number of nitrogens with zero attached hydrogens (tertiary/aromatic N) is 2. The van der Waals surface area contributed by atoms with Gasteiger partial charge in [-0.3, -0.25) is 19.8 Å². The molecular weight excluding hydrogens is 478 g/mol. The first kappa shape index (κ1) is 25.8. The number of carbonyl (C=O) groups excluding carboxylic acids is 1.